The number of carbonyl (C=O) groups is 1. The summed E-state index contributed by atoms with van der Waals surface area (Å²) in [7, 11) is 0. The van der Waals surface area contributed by atoms with E-state index in [-0.39, 0.29) is 5.69 Å². The molecule has 0 radical (unpaired) electrons. The lowest BCUT2D eigenvalue weighted by Gasteiger charge is -2.13. The molecule has 4 aromatic rings. The molecule has 0 spiro atoms. The fraction of sp³-hybridized carbons (Fsp3) is 0. The van der Waals surface area contributed by atoms with Crippen LogP contribution in [0.15, 0.2) is 79.3 Å². The SMILES string of the molecule is O=C(O)c1cnnn1-c1ccc(-c2ccccc2)c(-c2cccnc2)c1. The number of benzene rings is 2. The van der Waals surface area contributed by atoms with Gasteiger partial charge in [-0.15, -0.1) is 5.10 Å². The molecule has 0 aliphatic heterocycles. The van der Waals surface area contributed by atoms with Crippen LogP contribution in [-0.4, -0.2) is 31.1 Å². The van der Waals surface area contributed by atoms with Gasteiger partial charge in [-0.25, -0.2) is 9.48 Å². The van der Waals surface area contributed by atoms with Crippen molar-refractivity contribution in [3.63, 3.8) is 0 Å². The first-order chi connectivity index (χ1) is 12.7. The highest BCUT2D eigenvalue weighted by molar-refractivity contribution is 5.87. The van der Waals surface area contributed by atoms with Crippen LogP contribution in [0, 0.1) is 0 Å². The van der Waals surface area contributed by atoms with E-state index in [1.54, 1.807) is 12.4 Å². The van der Waals surface area contributed by atoms with Gasteiger partial charge in [0.25, 0.3) is 0 Å². The van der Waals surface area contributed by atoms with Crippen LogP contribution in [0.2, 0.25) is 0 Å². The van der Waals surface area contributed by atoms with Crippen LogP contribution in [0.4, 0.5) is 0 Å². The van der Waals surface area contributed by atoms with Gasteiger partial charge in [0.2, 0.25) is 0 Å². The van der Waals surface area contributed by atoms with E-state index < -0.39 is 5.97 Å². The van der Waals surface area contributed by atoms with Crippen molar-refractivity contribution in [2.24, 2.45) is 0 Å². The predicted octanol–water partition coefficient (Wildman–Crippen LogP) is 3.69. The molecule has 6 heteroatoms. The van der Waals surface area contributed by atoms with Crippen LogP contribution in [0.25, 0.3) is 27.9 Å². The highest BCUT2D eigenvalue weighted by Crippen LogP contribution is 2.33. The van der Waals surface area contributed by atoms with E-state index in [1.165, 1.54) is 10.9 Å². The Hall–Kier alpha value is -3.80. The van der Waals surface area contributed by atoms with E-state index in [9.17, 15) is 9.90 Å². The quantitative estimate of drug-likeness (QED) is 0.612. The van der Waals surface area contributed by atoms with Gasteiger partial charge < -0.3 is 5.11 Å². The Balaban J connectivity index is 1.93. The number of carboxylic acid groups (broad SMARTS) is 1. The van der Waals surface area contributed by atoms with Crippen molar-refractivity contribution in [2.45, 2.75) is 0 Å². The van der Waals surface area contributed by atoms with Crippen molar-refractivity contribution in [2.75, 3.05) is 0 Å². The Morgan fingerprint density at radius 1 is 0.885 bits per heavy atom. The smallest absolute Gasteiger partial charge is 0.356 e. The van der Waals surface area contributed by atoms with Gasteiger partial charge in [-0.05, 0) is 34.9 Å². The lowest BCUT2D eigenvalue weighted by molar-refractivity contribution is 0.0687. The minimum Gasteiger partial charge on any atom is -0.476 e. The third-order valence-corrected chi connectivity index (χ3v) is 4.07. The fourth-order valence-electron chi connectivity index (χ4n) is 2.87. The molecular weight excluding hydrogens is 328 g/mol. The summed E-state index contributed by atoms with van der Waals surface area (Å²) in [6.07, 6.45) is 4.73. The second-order valence-electron chi connectivity index (χ2n) is 5.67. The predicted molar refractivity (Wildman–Crippen MR) is 97.0 cm³/mol. The molecule has 0 aliphatic carbocycles. The lowest BCUT2D eigenvalue weighted by atomic mass is 9.95. The summed E-state index contributed by atoms with van der Waals surface area (Å²) in [5, 5.41) is 17.0. The van der Waals surface area contributed by atoms with Crippen molar-refractivity contribution in [3.8, 4) is 27.9 Å². The molecular formula is C20H14N4O2. The summed E-state index contributed by atoms with van der Waals surface area (Å²) in [5.74, 6) is -1.08. The number of aromatic nitrogens is 4. The standard InChI is InChI=1S/C20H14N4O2/c25-20(26)19-13-22-23-24(19)16-8-9-17(14-5-2-1-3-6-14)18(11-16)15-7-4-10-21-12-15/h1-13H,(H,25,26). The Labute approximate surface area is 149 Å². The van der Waals surface area contributed by atoms with Gasteiger partial charge >= 0.3 is 5.97 Å². The summed E-state index contributed by atoms with van der Waals surface area (Å²) in [5.41, 5.74) is 4.60. The fourth-order valence-corrected chi connectivity index (χ4v) is 2.87. The Kier molecular flexibility index (Phi) is 3.99. The molecule has 0 unspecified atom stereocenters. The number of nitrogens with zero attached hydrogens (tertiary/aromatic N) is 4. The zero-order valence-electron chi connectivity index (χ0n) is 13.6. The Morgan fingerprint density at radius 3 is 2.42 bits per heavy atom. The number of hydrogen-bond donors (Lipinski definition) is 1. The van der Waals surface area contributed by atoms with Crippen LogP contribution < -0.4 is 0 Å². The van der Waals surface area contributed by atoms with Gasteiger partial charge in [-0.3, -0.25) is 4.98 Å². The molecule has 6 nitrogen and oxygen atoms in total. The zero-order chi connectivity index (χ0) is 17.9. The maximum absolute atomic E-state index is 11.4. The number of aromatic carboxylic acids is 1. The molecule has 0 saturated carbocycles. The first-order valence-electron chi connectivity index (χ1n) is 7.98. The number of pyridine rings is 1. The number of rotatable bonds is 4. The molecule has 0 bridgehead atoms. The normalized spacial score (nSPS) is 10.6. The molecule has 0 fully saturated rings. The van der Waals surface area contributed by atoms with Crippen molar-refractivity contribution in [3.05, 3.63) is 84.9 Å². The second kappa shape index (κ2) is 6.60. The molecule has 0 amide bonds. The molecule has 0 aliphatic rings. The van der Waals surface area contributed by atoms with E-state index in [2.05, 4.69) is 15.3 Å². The van der Waals surface area contributed by atoms with Gasteiger partial charge in [0.15, 0.2) is 5.69 Å². The molecule has 0 atom stereocenters. The van der Waals surface area contributed by atoms with Gasteiger partial charge in [-0.2, -0.15) is 0 Å². The third-order valence-electron chi connectivity index (χ3n) is 4.07. The van der Waals surface area contributed by atoms with Crippen molar-refractivity contribution < 1.29 is 9.90 Å². The first kappa shape index (κ1) is 15.7. The number of carboxylic acids is 1. The van der Waals surface area contributed by atoms with Crippen LogP contribution in [-0.2, 0) is 0 Å². The minimum atomic E-state index is -1.08. The van der Waals surface area contributed by atoms with E-state index in [4.69, 9.17) is 0 Å². The third kappa shape index (κ3) is 2.84. The molecule has 2 heterocycles. The lowest BCUT2D eigenvalue weighted by Crippen LogP contribution is -2.08. The Morgan fingerprint density at radius 2 is 1.69 bits per heavy atom. The van der Waals surface area contributed by atoms with Crippen molar-refractivity contribution in [1.82, 2.24) is 20.0 Å². The highest BCUT2D eigenvalue weighted by atomic mass is 16.4. The van der Waals surface area contributed by atoms with E-state index in [0.29, 0.717) is 5.69 Å². The van der Waals surface area contributed by atoms with Crippen LogP contribution in [0.1, 0.15) is 10.5 Å². The maximum Gasteiger partial charge on any atom is 0.356 e. The highest BCUT2D eigenvalue weighted by Gasteiger charge is 2.15. The summed E-state index contributed by atoms with van der Waals surface area (Å²) >= 11 is 0. The average molecular weight is 342 g/mol. The molecule has 26 heavy (non-hydrogen) atoms. The molecule has 2 aromatic carbocycles. The Bertz CT molecular complexity index is 1060. The van der Waals surface area contributed by atoms with Crippen molar-refractivity contribution in [1.29, 1.82) is 0 Å². The maximum atomic E-state index is 11.4. The molecule has 1 N–H and O–H groups in total. The van der Waals surface area contributed by atoms with Crippen LogP contribution in [0.3, 0.4) is 0 Å². The van der Waals surface area contributed by atoms with E-state index in [0.717, 1.165) is 22.3 Å². The van der Waals surface area contributed by atoms with E-state index in [1.807, 2.05) is 60.7 Å². The molecule has 4 rings (SSSR count). The van der Waals surface area contributed by atoms with Gasteiger partial charge in [0.05, 0.1) is 11.9 Å². The largest absolute Gasteiger partial charge is 0.476 e. The summed E-state index contributed by atoms with van der Waals surface area (Å²) in [6, 6.07) is 19.5. The van der Waals surface area contributed by atoms with Gasteiger partial charge in [0, 0.05) is 18.0 Å². The van der Waals surface area contributed by atoms with Crippen LogP contribution in [0.5, 0.6) is 0 Å². The number of hydrogen-bond acceptors (Lipinski definition) is 4. The van der Waals surface area contributed by atoms with Crippen LogP contribution >= 0.6 is 0 Å². The van der Waals surface area contributed by atoms with E-state index >= 15 is 0 Å². The second-order valence-corrected chi connectivity index (χ2v) is 5.67. The summed E-state index contributed by atoms with van der Waals surface area (Å²) in [4.78, 5) is 15.6. The molecule has 2 aromatic heterocycles. The first-order valence-corrected chi connectivity index (χ1v) is 7.98. The monoisotopic (exact) mass is 342 g/mol. The van der Waals surface area contributed by atoms with Gasteiger partial charge in [-0.1, -0.05) is 47.7 Å². The summed E-state index contributed by atoms with van der Waals surface area (Å²) < 4.78 is 1.32. The topological polar surface area (TPSA) is 80.9 Å². The van der Waals surface area contributed by atoms with Gasteiger partial charge in [0.1, 0.15) is 0 Å². The zero-order valence-corrected chi connectivity index (χ0v) is 13.6. The average Bonchev–Trinajstić information content (AvgIpc) is 3.19. The molecule has 0 saturated heterocycles. The summed E-state index contributed by atoms with van der Waals surface area (Å²) in [6.45, 7) is 0. The van der Waals surface area contributed by atoms with Crippen molar-refractivity contribution >= 4 is 5.97 Å². The molecule has 126 valence electrons. The minimum absolute atomic E-state index is 0.00889.